The molecule has 8 heteroatoms. The molecular formula is C12H19N3O4S. The summed E-state index contributed by atoms with van der Waals surface area (Å²) in [6, 6.07) is 0. The molecule has 1 aromatic heterocycles. The Morgan fingerprint density at radius 1 is 1.50 bits per heavy atom. The van der Waals surface area contributed by atoms with Crippen LogP contribution in [0.2, 0.25) is 0 Å². The number of carboxylic acid groups (broad SMARTS) is 1. The summed E-state index contributed by atoms with van der Waals surface area (Å²) in [6.07, 6.45) is 2.47. The van der Waals surface area contributed by atoms with Crippen molar-refractivity contribution in [2.75, 3.05) is 13.1 Å². The van der Waals surface area contributed by atoms with Gasteiger partial charge in [0.05, 0.1) is 5.41 Å². The lowest BCUT2D eigenvalue weighted by Gasteiger charge is -2.36. The highest BCUT2D eigenvalue weighted by Gasteiger charge is 2.42. The molecule has 1 aliphatic heterocycles. The normalized spacial score (nSPS) is 24.8. The highest BCUT2D eigenvalue weighted by molar-refractivity contribution is 7.89. The molecule has 1 fully saturated rings. The molecular weight excluding hydrogens is 282 g/mol. The maximum absolute atomic E-state index is 12.5. The Morgan fingerprint density at radius 2 is 2.15 bits per heavy atom. The molecule has 0 saturated carbocycles. The average Bonchev–Trinajstić information content (AvgIpc) is 2.70. The minimum atomic E-state index is -3.73. The number of nitrogens with zero attached hydrogens (tertiary/aromatic N) is 3. The third-order valence-electron chi connectivity index (χ3n) is 3.87. The SMILES string of the molecule is Cc1nc(S(=O)(=O)N2CCCC(C)(C(=O)O)C2)cn1C. The number of carbonyl (C=O) groups is 1. The monoisotopic (exact) mass is 301 g/mol. The van der Waals surface area contributed by atoms with Crippen molar-refractivity contribution >= 4 is 16.0 Å². The van der Waals surface area contributed by atoms with Gasteiger partial charge in [0, 0.05) is 26.3 Å². The van der Waals surface area contributed by atoms with Gasteiger partial charge in [-0.15, -0.1) is 0 Å². The fraction of sp³-hybridized carbons (Fsp3) is 0.667. The maximum atomic E-state index is 12.5. The van der Waals surface area contributed by atoms with Gasteiger partial charge < -0.3 is 9.67 Å². The Bertz CT molecular complexity index is 618. The first-order valence-electron chi connectivity index (χ1n) is 6.40. The van der Waals surface area contributed by atoms with Crippen LogP contribution in [0.5, 0.6) is 0 Å². The molecule has 0 aliphatic carbocycles. The largest absolute Gasteiger partial charge is 0.481 e. The number of piperidine rings is 1. The van der Waals surface area contributed by atoms with Crippen molar-refractivity contribution in [3.8, 4) is 0 Å². The summed E-state index contributed by atoms with van der Waals surface area (Å²) in [6.45, 7) is 3.62. The van der Waals surface area contributed by atoms with Gasteiger partial charge in [0.1, 0.15) is 5.82 Å². The Morgan fingerprint density at radius 3 is 2.65 bits per heavy atom. The zero-order valence-electron chi connectivity index (χ0n) is 11.8. The van der Waals surface area contributed by atoms with E-state index in [1.165, 1.54) is 10.5 Å². The van der Waals surface area contributed by atoms with Gasteiger partial charge in [0.25, 0.3) is 10.0 Å². The Balaban J connectivity index is 2.32. The van der Waals surface area contributed by atoms with E-state index in [-0.39, 0.29) is 11.6 Å². The van der Waals surface area contributed by atoms with Crippen LogP contribution in [-0.2, 0) is 21.9 Å². The molecule has 0 radical (unpaired) electrons. The van der Waals surface area contributed by atoms with E-state index in [2.05, 4.69) is 4.98 Å². The molecule has 1 atom stereocenters. The molecule has 20 heavy (non-hydrogen) atoms. The molecule has 1 saturated heterocycles. The van der Waals surface area contributed by atoms with Crippen LogP contribution in [0.15, 0.2) is 11.2 Å². The van der Waals surface area contributed by atoms with Crippen molar-refractivity contribution in [1.29, 1.82) is 0 Å². The average molecular weight is 301 g/mol. The van der Waals surface area contributed by atoms with Gasteiger partial charge >= 0.3 is 5.97 Å². The second-order valence-electron chi connectivity index (χ2n) is 5.55. The zero-order chi connectivity index (χ0) is 15.1. The van der Waals surface area contributed by atoms with Crippen LogP contribution in [0.25, 0.3) is 0 Å². The van der Waals surface area contributed by atoms with E-state index < -0.39 is 21.4 Å². The van der Waals surface area contributed by atoms with E-state index in [0.717, 1.165) is 0 Å². The summed E-state index contributed by atoms with van der Waals surface area (Å²) in [5.41, 5.74) is -1.03. The highest BCUT2D eigenvalue weighted by atomic mass is 32.2. The molecule has 7 nitrogen and oxygen atoms in total. The van der Waals surface area contributed by atoms with Crippen LogP contribution in [0.1, 0.15) is 25.6 Å². The Labute approximate surface area is 118 Å². The van der Waals surface area contributed by atoms with Crippen molar-refractivity contribution in [3.05, 3.63) is 12.0 Å². The van der Waals surface area contributed by atoms with Gasteiger partial charge in [0.2, 0.25) is 0 Å². The van der Waals surface area contributed by atoms with E-state index in [1.54, 1.807) is 25.5 Å². The van der Waals surface area contributed by atoms with E-state index in [0.29, 0.717) is 25.2 Å². The predicted molar refractivity (Wildman–Crippen MR) is 71.7 cm³/mol. The van der Waals surface area contributed by atoms with Crippen molar-refractivity contribution in [2.24, 2.45) is 12.5 Å². The molecule has 0 spiro atoms. The summed E-state index contributed by atoms with van der Waals surface area (Å²) >= 11 is 0. The highest BCUT2D eigenvalue weighted by Crippen LogP contribution is 2.32. The summed E-state index contributed by atoms with van der Waals surface area (Å²) in [7, 11) is -2.01. The second kappa shape index (κ2) is 4.85. The quantitative estimate of drug-likeness (QED) is 0.882. The summed E-state index contributed by atoms with van der Waals surface area (Å²) in [5.74, 6) is -0.365. The first-order chi connectivity index (χ1) is 9.17. The lowest BCUT2D eigenvalue weighted by molar-refractivity contribution is -0.150. The van der Waals surface area contributed by atoms with Gasteiger partial charge in [-0.2, -0.15) is 4.31 Å². The fourth-order valence-corrected chi connectivity index (χ4v) is 3.98. The van der Waals surface area contributed by atoms with Crippen molar-refractivity contribution in [1.82, 2.24) is 13.9 Å². The van der Waals surface area contributed by atoms with Crippen LogP contribution in [0.4, 0.5) is 0 Å². The Kier molecular flexibility index (Phi) is 3.64. The molecule has 2 rings (SSSR count). The van der Waals surface area contributed by atoms with E-state index in [1.807, 2.05) is 0 Å². The first-order valence-corrected chi connectivity index (χ1v) is 7.84. The number of aryl methyl sites for hydroxylation is 2. The number of aromatic nitrogens is 2. The number of hydrogen-bond donors (Lipinski definition) is 1. The first kappa shape index (κ1) is 15.0. The molecule has 0 amide bonds. The number of hydrogen-bond acceptors (Lipinski definition) is 4. The van der Waals surface area contributed by atoms with Gasteiger partial charge in [0.15, 0.2) is 5.03 Å². The molecule has 2 heterocycles. The Hall–Kier alpha value is -1.41. The third kappa shape index (κ3) is 2.45. The van der Waals surface area contributed by atoms with Crippen LogP contribution in [-0.4, -0.2) is 46.4 Å². The van der Waals surface area contributed by atoms with Crippen LogP contribution in [0.3, 0.4) is 0 Å². The van der Waals surface area contributed by atoms with Gasteiger partial charge in [-0.25, -0.2) is 13.4 Å². The summed E-state index contributed by atoms with van der Waals surface area (Å²) in [5, 5.41) is 9.24. The van der Waals surface area contributed by atoms with Gasteiger partial charge in [-0.05, 0) is 26.7 Å². The van der Waals surface area contributed by atoms with Crippen molar-refractivity contribution < 1.29 is 18.3 Å². The smallest absolute Gasteiger partial charge is 0.310 e. The molecule has 0 bridgehead atoms. The lowest BCUT2D eigenvalue weighted by Crippen LogP contribution is -2.48. The van der Waals surface area contributed by atoms with Crippen molar-refractivity contribution in [2.45, 2.75) is 31.7 Å². The molecule has 0 aromatic carbocycles. The molecule has 1 aliphatic rings. The second-order valence-corrected chi connectivity index (χ2v) is 7.43. The molecule has 1 unspecified atom stereocenters. The van der Waals surface area contributed by atoms with Gasteiger partial charge in [-0.1, -0.05) is 0 Å². The number of sulfonamides is 1. The fourth-order valence-electron chi connectivity index (χ4n) is 2.36. The lowest BCUT2D eigenvalue weighted by atomic mass is 9.83. The number of carboxylic acids is 1. The topological polar surface area (TPSA) is 92.5 Å². The summed E-state index contributed by atoms with van der Waals surface area (Å²) in [4.78, 5) is 15.3. The van der Waals surface area contributed by atoms with E-state index >= 15 is 0 Å². The number of rotatable bonds is 3. The minimum absolute atomic E-state index is 0.0136. The van der Waals surface area contributed by atoms with E-state index in [9.17, 15) is 18.3 Å². The number of aliphatic carboxylic acids is 1. The zero-order valence-corrected chi connectivity index (χ0v) is 12.6. The minimum Gasteiger partial charge on any atom is -0.481 e. The standard InChI is InChI=1S/C12H19N3O4S/c1-9-13-10(7-14(9)3)20(18,19)15-6-4-5-12(2,8-15)11(16)17/h7H,4-6,8H2,1-3H3,(H,16,17). The van der Waals surface area contributed by atoms with Crippen LogP contribution >= 0.6 is 0 Å². The predicted octanol–water partition coefficient (Wildman–Crippen LogP) is 0.604. The van der Waals surface area contributed by atoms with Crippen LogP contribution < -0.4 is 0 Å². The maximum Gasteiger partial charge on any atom is 0.310 e. The third-order valence-corrected chi connectivity index (χ3v) is 5.59. The number of imidazole rings is 1. The van der Waals surface area contributed by atoms with Crippen LogP contribution in [0, 0.1) is 12.3 Å². The molecule has 1 N–H and O–H groups in total. The van der Waals surface area contributed by atoms with E-state index in [4.69, 9.17) is 0 Å². The molecule has 1 aromatic rings. The summed E-state index contributed by atoms with van der Waals surface area (Å²) < 4.78 is 27.9. The van der Waals surface area contributed by atoms with Gasteiger partial charge in [-0.3, -0.25) is 4.79 Å². The van der Waals surface area contributed by atoms with Crippen molar-refractivity contribution in [3.63, 3.8) is 0 Å². The molecule has 112 valence electrons.